The Morgan fingerprint density at radius 1 is 1.31 bits per heavy atom. The third-order valence-corrected chi connectivity index (χ3v) is 6.46. The summed E-state index contributed by atoms with van der Waals surface area (Å²) in [4.78, 5) is 29.9. The maximum Gasteiger partial charge on any atom is 0.323 e. The molecule has 188 valence electrons. The van der Waals surface area contributed by atoms with Crippen molar-refractivity contribution < 1.29 is 14.3 Å². The minimum absolute atomic E-state index is 0.00351. The fourth-order valence-electron chi connectivity index (χ4n) is 4.65. The lowest BCUT2D eigenvalue weighted by molar-refractivity contribution is -0.152. The van der Waals surface area contributed by atoms with Crippen molar-refractivity contribution in [2.75, 3.05) is 13.2 Å². The number of imidazole rings is 1. The van der Waals surface area contributed by atoms with Gasteiger partial charge in [0.15, 0.2) is 0 Å². The molecule has 1 N–H and O–H groups in total. The van der Waals surface area contributed by atoms with Crippen LogP contribution in [-0.2, 0) is 34.4 Å². The number of hydrogen-bond acceptors (Lipinski definition) is 6. The number of pyridine rings is 1. The molecule has 1 saturated heterocycles. The first-order valence-corrected chi connectivity index (χ1v) is 12.4. The van der Waals surface area contributed by atoms with Crippen LogP contribution in [0.3, 0.4) is 0 Å². The zero-order valence-electron chi connectivity index (χ0n) is 21.3. The average molecular weight is 481 g/mol. The maximum atomic E-state index is 12.8. The lowest BCUT2D eigenvalue weighted by atomic mass is 10.0. The van der Waals surface area contributed by atoms with E-state index in [1.54, 1.807) is 11.6 Å². The Kier molecular flexibility index (Phi) is 7.72. The van der Waals surface area contributed by atoms with Gasteiger partial charge in [0.2, 0.25) is 0 Å². The van der Waals surface area contributed by atoms with Crippen molar-refractivity contribution in [3.63, 3.8) is 0 Å². The average Bonchev–Trinajstić information content (AvgIpc) is 3.46. The monoisotopic (exact) mass is 480 g/mol. The number of aromatic nitrogens is 3. The van der Waals surface area contributed by atoms with Gasteiger partial charge in [-0.25, -0.2) is 4.98 Å². The molecular formula is C27H36N4O4. The number of carbonyl (C=O) groups excluding carboxylic acids is 1. The molecule has 1 aliphatic heterocycles. The summed E-state index contributed by atoms with van der Waals surface area (Å²) in [6.07, 6.45) is 3.15. The molecule has 0 unspecified atom stereocenters. The minimum atomic E-state index is -0.372. The number of ether oxygens (including phenoxy) is 2. The summed E-state index contributed by atoms with van der Waals surface area (Å²) in [6.45, 7) is 10.5. The van der Waals surface area contributed by atoms with Gasteiger partial charge in [-0.15, -0.1) is 0 Å². The molecule has 0 radical (unpaired) electrons. The predicted molar refractivity (Wildman–Crippen MR) is 136 cm³/mol. The molecule has 0 aliphatic carbocycles. The second kappa shape index (κ2) is 10.7. The number of nitrogens with zero attached hydrogens (tertiary/aromatic N) is 3. The Bertz CT molecular complexity index is 1230. The largest absolute Gasteiger partial charge is 0.459 e. The van der Waals surface area contributed by atoms with Crippen LogP contribution in [0.2, 0.25) is 0 Å². The second-order valence-electron chi connectivity index (χ2n) is 9.82. The Balaban J connectivity index is 1.55. The summed E-state index contributed by atoms with van der Waals surface area (Å²) in [6, 6.07) is 7.74. The lowest BCUT2D eigenvalue weighted by Gasteiger charge is -2.21. The van der Waals surface area contributed by atoms with E-state index in [4.69, 9.17) is 14.5 Å². The van der Waals surface area contributed by atoms with Gasteiger partial charge in [0.1, 0.15) is 18.0 Å². The van der Waals surface area contributed by atoms with Gasteiger partial charge in [-0.05, 0) is 49.9 Å². The van der Waals surface area contributed by atoms with E-state index >= 15 is 0 Å². The van der Waals surface area contributed by atoms with Crippen LogP contribution in [0, 0.1) is 12.8 Å². The number of fused-ring (bicyclic) bond motifs is 1. The summed E-state index contributed by atoms with van der Waals surface area (Å²) >= 11 is 0. The summed E-state index contributed by atoms with van der Waals surface area (Å²) < 4.78 is 14.8. The number of benzene rings is 1. The summed E-state index contributed by atoms with van der Waals surface area (Å²) in [5.74, 6) is 0.986. The standard InChI is InChI=1S/C27H36N4O4/c1-6-31-24-8-7-19(13-22(24)29-25(31)20-12-18(4)26(32)30(5)15-20)14-28-23(11-17(2)3)27(33)35-21-9-10-34-16-21/h7-8,12-13,15,17,21,23,28H,6,9-11,14,16H2,1-5H3/t21-,23-/m0/s1. The SMILES string of the molecule is CCn1c(-c2cc(C)c(=O)n(C)c2)nc2cc(CN[C@@H](CC(C)C)C(=O)O[C@H]3CCOC3)ccc21. The molecule has 0 bridgehead atoms. The van der Waals surface area contributed by atoms with Crippen molar-refractivity contribution >= 4 is 17.0 Å². The van der Waals surface area contributed by atoms with Gasteiger partial charge in [-0.1, -0.05) is 19.9 Å². The van der Waals surface area contributed by atoms with Gasteiger partial charge in [-0.2, -0.15) is 0 Å². The molecule has 1 aliphatic rings. The number of rotatable bonds is 9. The summed E-state index contributed by atoms with van der Waals surface area (Å²) in [5, 5.41) is 3.41. The zero-order valence-corrected chi connectivity index (χ0v) is 21.3. The fourth-order valence-corrected chi connectivity index (χ4v) is 4.65. The first kappa shape index (κ1) is 25.1. The molecule has 2 atom stereocenters. The summed E-state index contributed by atoms with van der Waals surface area (Å²) in [5.41, 5.74) is 4.58. The Morgan fingerprint density at radius 2 is 2.11 bits per heavy atom. The first-order valence-electron chi connectivity index (χ1n) is 12.4. The molecule has 0 amide bonds. The van der Waals surface area contributed by atoms with Crippen LogP contribution >= 0.6 is 0 Å². The molecule has 0 saturated carbocycles. The van der Waals surface area contributed by atoms with E-state index in [2.05, 4.69) is 48.9 Å². The van der Waals surface area contributed by atoms with Gasteiger partial charge in [0, 0.05) is 43.9 Å². The highest BCUT2D eigenvalue weighted by Crippen LogP contribution is 2.26. The Labute approximate surface area is 206 Å². The smallest absolute Gasteiger partial charge is 0.323 e. The molecular weight excluding hydrogens is 444 g/mol. The van der Waals surface area contributed by atoms with Gasteiger partial charge < -0.3 is 23.9 Å². The molecule has 4 rings (SSSR count). The van der Waals surface area contributed by atoms with Crippen LogP contribution in [0.1, 0.15) is 44.7 Å². The van der Waals surface area contributed by atoms with Gasteiger partial charge in [-0.3, -0.25) is 9.59 Å². The number of nitrogens with one attached hydrogen (secondary N) is 1. The van der Waals surface area contributed by atoms with E-state index in [0.717, 1.165) is 41.0 Å². The number of carbonyl (C=O) groups is 1. The van der Waals surface area contributed by atoms with Crippen LogP contribution in [0.25, 0.3) is 22.4 Å². The quantitative estimate of drug-likeness (QED) is 0.471. The topological polar surface area (TPSA) is 87.4 Å². The van der Waals surface area contributed by atoms with E-state index in [9.17, 15) is 9.59 Å². The number of esters is 1. The van der Waals surface area contributed by atoms with Crippen molar-refractivity contribution in [3.05, 3.63) is 51.9 Å². The van der Waals surface area contributed by atoms with E-state index in [-0.39, 0.29) is 23.7 Å². The molecule has 1 aromatic carbocycles. The highest BCUT2D eigenvalue weighted by atomic mass is 16.6. The molecule has 3 heterocycles. The van der Waals surface area contributed by atoms with E-state index in [0.29, 0.717) is 37.7 Å². The number of hydrogen-bond donors (Lipinski definition) is 1. The maximum absolute atomic E-state index is 12.8. The molecule has 1 fully saturated rings. The fraction of sp³-hybridized carbons (Fsp3) is 0.519. The normalized spacial score (nSPS) is 16.8. The molecule has 3 aromatic rings. The van der Waals surface area contributed by atoms with E-state index in [1.807, 2.05) is 19.2 Å². The minimum Gasteiger partial charge on any atom is -0.459 e. The highest BCUT2D eigenvalue weighted by molar-refractivity contribution is 5.81. The van der Waals surface area contributed by atoms with Gasteiger partial charge >= 0.3 is 5.97 Å². The van der Waals surface area contributed by atoms with Gasteiger partial charge in [0.25, 0.3) is 5.56 Å². The second-order valence-corrected chi connectivity index (χ2v) is 9.82. The molecule has 35 heavy (non-hydrogen) atoms. The third-order valence-electron chi connectivity index (χ3n) is 6.46. The molecule has 2 aromatic heterocycles. The van der Waals surface area contributed by atoms with Crippen molar-refractivity contribution in [2.24, 2.45) is 13.0 Å². The van der Waals surface area contributed by atoms with Crippen LogP contribution in [0.15, 0.2) is 35.3 Å². The van der Waals surface area contributed by atoms with Crippen LogP contribution in [-0.4, -0.2) is 45.4 Å². The molecule has 8 nitrogen and oxygen atoms in total. The third kappa shape index (κ3) is 5.65. The van der Waals surface area contributed by atoms with Crippen molar-refractivity contribution in [2.45, 2.75) is 65.8 Å². The molecule has 0 spiro atoms. The first-order chi connectivity index (χ1) is 16.8. The Morgan fingerprint density at radius 3 is 2.77 bits per heavy atom. The predicted octanol–water partition coefficient (Wildman–Crippen LogP) is 3.57. The summed E-state index contributed by atoms with van der Waals surface area (Å²) in [7, 11) is 1.76. The van der Waals surface area contributed by atoms with Crippen molar-refractivity contribution in [3.8, 4) is 11.4 Å². The lowest BCUT2D eigenvalue weighted by Crippen LogP contribution is -2.40. The zero-order chi connectivity index (χ0) is 25.1. The highest BCUT2D eigenvalue weighted by Gasteiger charge is 2.26. The Hall–Kier alpha value is -2.97. The van der Waals surface area contributed by atoms with Gasteiger partial charge in [0.05, 0.1) is 24.2 Å². The molecule has 8 heteroatoms. The van der Waals surface area contributed by atoms with Crippen molar-refractivity contribution in [1.82, 2.24) is 19.4 Å². The van der Waals surface area contributed by atoms with E-state index < -0.39 is 0 Å². The number of aryl methyl sites for hydroxylation is 3. The van der Waals surface area contributed by atoms with Crippen LogP contribution < -0.4 is 10.9 Å². The van der Waals surface area contributed by atoms with E-state index in [1.165, 1.54) is 0 Å². The van der Waals surface area contributed by atoms with Crippen molar-refractivity contribution in [1.29, 1.82) is 0 Å². The van der Waals surface area contributed by atoms with Crippen LogP contribution in [0.5, 0.6) is 0 Å². The van der Waals surface area contributed by atoms with Crippen LogP contribution in [0.4, 0.5) is 0 Å².